The minimum atomic E-state index is 0. The van der Waals surface area contributed by atoms with Crippen molar-refractivity contribution in [2.75, 3.05) is 39.3 Å². The summed E-state index contributed by atoms with van der Waals surface area (Å²) in [4.78, 5) is 21.0. The standard InChI is InChI=1S/C21H27N3O2.ClH/c1-2-18-6-8-20(9-7-18)26-17-21(25)24-15-13-23(14-16-24)12-10-19-5-3-4-11-22-19;/h3-9,11H,2,10,12-17H2,1H3;1H. The second-order valence-electron chi connectivity index (χ2n) is 6.58. The SMILES string of the molecule is CCc1ccc(OCC(=O)N2CCN(CCc3ccccn3)CC2)cc1.Cl. The summed E-state index contributed by atoms with van der Waals surface area (Å²) in [5.41, 5.74) is 2.39. The maximum Gasteiger partial charge on any atom is 0.260 e. The molecule has 146 valence electrons. The van der Waals surface area contributed by atoms with Gasteiger partial charge < -0.3 is 9.64 Å². The topological polar surface area (TPSA) is 45.7 Å². The lowest BCUT2D eigenvalue weighted by atomic mass is 10.2. The molecule has 1 amide bonds. The first-order valence-electron chi connectivity index (χ1n) is 9.36. The van der Waals surface area contributed by atoms with Gasteiger partial charge in [0, 0.05) is 51.0 Å². The zero-order valence-corrected chi connectivity index (χ0v) is 16.7. The van der Waals surface area contributed by atoms with Gasteiger partial charge in [-0.15, -0.1) is 12.4 Å². The fourth-order valence-corrected chi connectivity index (χ4v) is 3.10. The summed E-state index contributed by atoms with van der Waals surface area (Å²) >= 11 is 0. The molecule has 0 spiro atoms. The van der Waals surface area contributed by atoms with E-state index in [-0.39, 0.29) is 24.9 Å². The summed E-state index contributed by atoms with van der Waals surface area (Å²) in [6.45, 7) is 6.56. The molecule has 1 aromatic heterocycles. The molecular formula is C21H28ClN3O2. The monoisotopic (exact) mass is 389 g/mol. The van der Waals surface area contributed by atoms with Crippen molar-refractivity contribution in [2.45, 2.75) is 19.8 Å². The molecule has 5 nitrogen and oxygen atoms in total. The van der Waals surface area contributed by atoms with Crippen LogP contribution in [0.4, 0.5) is 0 Å². The largest absolute Gasteiger partial charge is 0.484 e. The Morgan fingerprint density at radius 1 is 1.07 bits per heavy atom. The number of aryl methyl sites for hydroxylation is 1. The van der Waals surface area contributed by atoms with Gasteiger partial charge in [0.15, 0.2) is 6.61 Å². The number of carbonyl (C=O) groups is 1. The number of halogens is 1. The molecule has 1 aliphatic rings. The molecule has 6 heteroatoms. The van der Waals surface area contributed by atoms with Crippen molar-refractivity contribution >= 4 is 18.3 Å². The van der Waals surface area contributed by atoms with Gasteiger partial charge in [0.05, 0.1) is 0 Å². The maximum absolute atomic E-state index is 12.4. The number of nitrogens with zero attached hydrogens (tertiary/aromatic N) is 3. The second-order valence-corrected chi connectivity index (χ2v) is 6.58. The van der Waals surface area contributed by atoms with Crippen LogP contribution in [0.2, 0.25) is 0 Å². The van der Waals surface area contributed by atoms with Gasteiger partial charge in [0.2, 0.25) is 0 Å². The van der Waals surface area contributed by atoms with E-state index < -0.39 is 0 Å². The number of hydrogen-bond donors (Lipinski definition) is 0. The third kappa shape index (κ3) is 6.52. The molecule has 0 bridgehead atoms. The van der Waals surface area contributed by atoms with Crippen molar-refractivity contribution in [3.63, 3.8) is 0 Å². The molecule has 1 aliphatic heterocycles. The number of carbonyl (C=O) groups excluding carboxylic acids is 1. The van der Waals surface area contributed by atoms with Crippen LogP contribution in [0.15, 0.2) is 48.7 Å². The van der Waals surface area contributed by atoms with E-state index in [4.69, 9.17) is 4.74 Å². The molecule has 0 unspecified atom stereocenters. The molecule has 2 aromatic rings. The Morgan fingerprint density at radius 3 is 2.44 bits per heavy atom. The van der Waals surface area contributed by atoms with Gasteiger partial charge in [-0.05, 0) is 36.2 Å². The minimum absolute atomic E-state index is 0. The van der Waals surface area contributed by atoms with Gasteiger partial charge in [-0.2, -0.15) is 0 Å². The summed E-state index contributed by atoms with van der Waals surface area (Å²) in [6.07, 6.45) is 3.79. The number of rotatable bonds is 7. The van der Waals surface area contributed by atoms with Crippen LogP contribution in [0.3, 0.4) is 0 Å². The van der Waals surface area contributed by atoms with Crippen molar-refractivity contribution in [3.8, 4) is 5.75 Å². The van der Waals surface area contributed by atoms with E-state index in [2.05, 4.69) is 22.9 Å². The molecule has 0 N–H and O–H groups in total. The van der Waals surface area contributed by atoms with E-state index in [0.29, 0.717) is 0 Å². The number of benzene rings is 1. The van der Waals surface area contributed by atoms with Crippen LogP contribution in [0.25, 0.3) is 0 Å². The van der Waals surface area contributed by atoms with Crippen molar-refractivity contribution in [3.05, 3.63) is 59.9 Å². The van der Waals surface area contributed by atoms with E-state index in [0.717, 1.165) is 57.0 Å². The molecule has 3 rings (SSSR count). The van der Waals surface area contributed by atoms with Gasteiger partial charge in [-0.3, -0.25) is 14.7 Å². The molecule has 1 saturated heterocycles. The molecular weight excluding hydrogens is 362 g/mol. The first kappa shape index (κ1) is 21.2. The van der Waals surface area contributed by atoms with Crippen molar-refractivity contribution in [2.24, 2.45) is 0 Å². The molecule has 1 aromatic carbocycles. The van der Waals surface area contributed by atoms with E-state index in [1.54, 1.807) is 0 Å². The molecule has 0 radical (unpaired) electrons. The lowest BCUT2D eigenvalue weighted by Crippen LogP contribution is -2.50. The van der Waals surface area contributed by atoms with E-state index in [1.807, 2.05) is 47.5 Å². The van der Waals surface area contributed by atoms with E-state index >= 15 is 0 Å². The van der Waals surface area contributed by atoms with Crippen LogP contribution < -0.4 is 4.74 Å². The van der Waals surface area contributed by atoms with Crippen molar-refractivity contribution in [1.29, 1.82) is 0 Å². The number of pyridine rings is 1. The number of ether oxygens (including phenoxy) is 1. The lowest BCUT2D eigenvalue weighted by molar-refractivity contribution is -0.135. The third-order valence-corrected chi connectivity index (χ3v) is 4.83. The van der Waals surface area contributed by atoms with Gasteiger partial charge in [0.1, 0.15) is 5.75 Å². The van der Waals surface area contributed by atoms with Gasteiger partial charge in [0.25, 0.3) is 5.91 Å². The van der Waals surface area contributed by atoms with Crippen LogP contribution >= 0.6 is 12.4 Å². The maximum atomic E-state index is 12.4. The summed E-state index contributed by atoms with van der Waals surface area (Å²) < 4.78 is 5.64. The molecule has 0 saturated carbocycles. The Bertz CT molecular complexity index is 686. The predicted octanol–water partition coefficient (Wildman–Crippen LogP) is 2.83. The van der Waals surface area contributed by atoms with Crippen LogP contribution in [0, 0.1) is 0 Å². The summed E-state index contributed by atoms with van der Waals surface area (Å²) in [5.74, 6) is 0.818. The first-order chi connectivity index (χ1) is 12.7. The first-order valence-corrected chi connectivity index (χ1v) is 9.36. The fraction of sp³-hybridized carbons (Fsp3) is 0.429. The summed E-state index contributed by atoms with van der Waals surface area (Å²) in [6, 6.07) is 14.0. The molecule has 27 heavy (non-hydrogen) atoms. The molecule has 0 aliphatic carbocycles. The van der Waals surface area contributed by atoms with Crippen molar-refractivity contribution in [1.82, 2.24) is 14.8 Å². The Kier molecular flexibility index (Phi) is 8.55. The summed E-state index contributed by atoms with van der Waals surface area (Å²) in [5, 5.41) is 0. The predicted molar refractivity (Wildman–Crippen MR) is 110 cm³/mol. The van der Waals surface area contributed by atoms with Crippen LogP contribution in [-0.4, -0.2) is 60.0 Å². The van der Waals surface area contributed by atoms with Crippen LogP contribution in [0.5, 0.6) is 5.75 Å². The zero-order chi connectivity index (χ0) is 18.2. The molecule has 1 fully saturated rings. The average molecular weight is 390 g/mol. The third-order valence-electron chi connectivity index (χ3n) is 4.83. The highest BCUT2D eigenvalue weighted by Crippen LogP contribution is 2.13. The lowest BCUT2D eigenvalue weighted by Gasteiger charge is -2.34. The zero-order valence-electron chi connectivity index (χ0n) is 15.8. The number of aromatic nitrogens is 1. The van der Waals surface area contributed by atoms with Crippen LogP contribution in [-0.2, 0) is 17.6 Å². The molecule has 0 atom stereocenters. The van der Waals surface area contributed by atoms with Gasteiger partial charge >= 0.3 is 0 Å². The van der Waals surface area contributed by atoms with Gasteiger partial charge in [-0.25, -0.2) is 0 Å². The van der Waals surface area contributed by atoms with E-state index in [1.165, 1.54) is 5.56 Å². The fourth-order valence-electron chi connectivity index (χ4n) is 3.10. The normalized spacial score (nSPS) is 14.5. The highest BCUT2D eigenvalue weighted by Gasteiger charge is 2.21. The quantitative estimate of drug-likeness (QED) is 0.730. The Balaban J connectivity index is 0.00000261. The number of amides is 1. The number of piperazine rings is 1. The summed E-state index contributed by atoms with van der Waals surface area (Å²) in [7, 11) is 0. The molecule has 2 heterocycles. The van der Waals surface area contributed by atoms with Gasteiger partial charge in [-0.1, -0.05) is 25.1 Å². The Hall–Kier alpha value is -2.11. The highest BCUT2D eigenvalue weighted by atomic mass is 35.5. The van der Waals surface area contributed by atoms with Crippen LogP contribution in [0.1, 0.15) is 18.2 Å². The minimum Gasteiger partial charge on any atom is -0.484 e. The van der Waals surface area contributed by atoms with Crippen molar-refractivity contribution < 1.29 is 9.53 Å². The second kappa shape index (κ2) is 10.9. The van der Waals surface area contributed by atoms with E-state index in [9.17, 15) is 4.79 Å². The number of hydrogen-bond acceptors (Lipinski definition) is 4. The highest BCUT2D eigenvalue weighted by molar-refractivity contribution is 5.85. The smallest absolute Gasteiger partial charge is 0.260 e. The Labute approximate surface area is 167 Å². The Morgan fingerprint density at radius 2 is 1.81 bits per heavy atom. The average Bonchev–Trinajstić information content (AvgIpc) is 2.72.